The van der Waals surface area contributed by atoms with Crippen molar-refractivity contribution in [2.45, 2.75) is 6.92 Å². The first-order valence-corrected chi connectivity index (χ1v) is 4.58. The van der Waals surface area contributed by atoms with E-state index in [4.69, 9.17) is 4.74 Å². The first kappa shape index (κ1) is 9.00. The number of ether oxygens (including phenoxy) is 1. The number of allylic oxidation sites excluding steroid dienone is 1. The Hall–Kier alpha value is -1.09. The molecule has 12 heavy (non-hydrogen) atoms. The van der Waals surface area contributed by atoms with Crippen molar-refractivity contribution >= 4 is 17.1 Å². The van der Waals surface area contributed by atoms with E-state index in [1.165, 1.54) is 23.7 Å². The molecule has 1 rings (SSSR count). The van der Waals surface area contributed by atoms with E-state index in [1.807, 2.05) is 18.4 Å². The van der Waals surface area contributed by atoms with E-state index in [0.29, 0.717) is 6.61 Å². The second-order valence-electron chi connectivity index (χ2n) is 2.10. The van der Waals surface area contributed by atoms with Gasteiger partial charge in [0, 0.05) is 6.08 Å². The monoisotopic (exact) mass is 182 g/mol. The van der Waals surface area contributed by atoms with Crippen LogP contribution >= 0.6 is 11.3 Å². The highest BCUT2D eigenvalue weighted by molar-refractivity contribution is 7.12. The molecule has 0 bridgehead atoms. The third-order valence-electron chi connectivity index (χ3n) is 1.25. The van der Waals surface area contributed by atoms with Gasteiger partial charge in [0.1, 0.15) is 0 Å². The lowest BCUT2D eigenvalue weighted by molar-refractivity contribution is 0.104. The summed E-state index contributed by atoms with van der Waals surface area (Å²) in [5.41, 5.74) is 0. The molecule has 64 valence electrons. The lowest BCUT2D eigenvalue weighted by Gasteiger charge is -1.91. The molecule has 0 radical (unpaired) electrons. The molecule has 2 nitrogen and oxygen atoms in total. The van der Waals surface area contributed by atoms with Crippen LogP contribution in [0.4, 0.5) is 0 Å². The smallest absolute Gasteiger partial charge is 0.198 e. The van der Waals surface area contributed by atoms with Gasteiger partial charge >= 0.3 is 0 Å². The van der Waals surface area contributed by atoms with Gasteiger partial charge in [0.15, 0.2) is 5.78 Å². The average molecular weight is 182 g/mol. The molecular formula is C9H10O2S. The van der Waals surface area contributed by atoms with E-state index in [2.05, 4.69) is 0 Å². The molecule has 0 aliphatic heterocycles. The van der Waals surface area contributed by atoms with Crippen LogP contribution in [-0.4, -0.2) is 12.4 Å². The van der Waals surface area contributed by atoms with Crippen LogP contribution in [0.25, 0.3) is 0 Å². The van der Waals surface area contributed by atoms with Gasteiger partial charge in [-0.25, -0.2) is 0 Å². The highest BCUT2D eigenvalue weighted by atomic mass is 32.1. The molecule has 0 N–H and O–H groups in total. The summed E-state index contributed by atoms with van der Waals surface area (Å²) < 4.78 is 4.91. The van der Waals surface area contributed by atoms with Gasteiger partial charge in [-0.05, 0) is 18.4 Å². The van der Waals surface area contributed by atoms with Crippen LogP contribution in [0.5, 0.6) is 0 Å². The Balaban J connectivity index is 2.50. The summed E-state index contributed by atoms with van der Waals surface area (Å²) in [7, 11) is 0. The van der Waals surface area contributed by atoms with Crippen molar-refractivity contribution in [3.8, 4) is 0 Å². The summed E-state index contributed by atoms with van der Waals surface area (Å²) in [4.78, 5) is 12.0. The molecule has 0 aliphatic rings. The summed E-state index contributed by atoms with van der Waals surface area (Å²) in [6, 6.07) is 3.65. The lowest BCUT2D eigenvalue weighted by atomic mass is 10.3. The summed E-state index contributed by atoms with van der Waals surface area (Å²) in [6.07, 6.45) is 2.87. The molecule has 0 aliphatic carbocycles. The van der Waals surface area contributed by atoms with E-state index in [1.54, 1.807) is 6.07 Å². The Bertz CT molecular complexity index is 262. The average Bonchev–Trinajstić information content (AvgIpc) is 2.56. The molecule has 0 amide bonds. The summed E-state index contributed by atoms with van der Waals surface area (Å²) in [5.74, 6) is -0.00144. The quantitative estimate of drug-likeness (QED) is 0.406. The standard InChI is InChI=1S/C9H10O2S/c1-2-11-6-5-8(10)9-4-3-7-12-9/h3-7H,2H2,1H3/b6-5+. The minimum absolute atomic E-state index is 0.00144. The van der Waals surface area contributed by atoms with Crippen LogP contribution < -0.4 is 0 Å². The van der Waals surface area contributed by atoms with Crippen LogP contribution in [0, 0.1) is 0 Å². The van der Waals surface area contributed by atoms with E-state index in [-0.39, 0.29) is 5.78 Å². The number of carbonyl (C=O) groups is 1. The van der Waals surface area contributed by atoms with Crippen LogP contribution in [0.3, 0.4) is 0 Å². The Morgan fingerprint density at radius 2 is 2.58 bits per heavy atom. The Morgan fingerprint density at radius 3 is 3.17 bits per heavy atom. The van der Waals surface area contributed by atoms with Crippen molar-refractivity contribution in [2.75, 3.05) is 6.61 Å². The van der Waals surface area contributed by atoms with Gasteiger partial charge in [-0.3, -0.25) is 4.79 Å². The molecule has 0 unspecified atom stereocenters. The molecule has 0 saturated heterocycles. The van der Waals surface area contributed by atoms with Gasteiger partial charge in [-0.15, -0.1) is 11.3 Å². The molecule has 1 aromatic heterocycles. The third-order valence-corrected chi connectivity index (χ3v) is 2.13. The summed E-state index contributed by atoms with van der Waals surface area (Å²) in [6.45, 7) is 2.47. The normalized spacial score (nSPS) is 10.4. The van der Waals surface area contributed by atoms with Gasteiger partial charge in [0.05, 0.1) is 17.7 Å². The minimum Gasteiger partial charge on any atom is -0.501 e. The number of hydrogen-bond acceptors (Lipinski definition) is 3. The van der Waals surface area contributed by atoms with E-state index in [0.717, 1.165) is 4.88 Å². The molecule has 0 aromatic carbocycles. The molecule has 0 saturated carbocycles. The molecule has 1 heterocycles. The van der Waals surface area contributed by atoms with Crippen LogP contribution in [0.15, 0.2) is 29.9 Å². The Kier molecular flexibility index (Phi) is 3.54. The van der Waals surface area contributed by atoms with E-state index < -0.39 is 0 Å². The minimum atomic E-state index is -0.00144. The zero-order chi connectivity index (χ0) is 8.81. The fourth-order valence-corrected chi connectivity index (χ4v) is 1.35. The second kappa shape index (κ2) is 4.72. The first-order chi connectivity index (χ1) is 5.84. The van der Waals surface area contributed by atoms with Gasteiger partial charge in [0.2, 0.25) is 0 Å². The number of rotatable bonds is 4. The number of carbonyl (C=O) groups excluding carboxylic acids is 1. The van der Waals surface area contributed by atoms with E-state index >= 15 is 0 Å². The maximum Gasteiger partial charge on any atom is 0.198 e. The number of thiophene rings is 1. The molecule has 0 spiro atoms. The molecule has 1 aromatic rings. The van der Waals surface area contributed by atoms with Gasteiger partial charge in [-0.1, -0.05) is 6.07 Å². The van der Waals surface area contributed by atoms with E-state index in [9.17, 15) is 4.79 Å². The fourth-order valence-electron chi connectivity index (χ4n) is 0.707. The molecule has 0 fully saturated rings. The summed E-state index contributed by atoms with van der Waals surface area (Å²) in [5, 5.41) is 1.88. The molecule has 3 heteroatoms. The van der Waals surface area contributed by atoms with Crippen LogP contribution in [0.2, 0.25) is 0 Å². The topological polar surface area (TPSA) is 26.3 Å². The predicted molar refractivity (Wildman–Crippen MR) is 49.4 cm³/mol. The maximum absolute atomic E-state index is 11.2. The van der Waals surface area contributed by atoms with Crippen molar-refractivity contribution < 1.29 is 9.53 Å². The van der Waals surface area contributed by atoms with Crippen molar-refractivity contribution in [1.82, 2.24) is 0 Å². The highest BCUT2D eigenvalue weighted by Crippen LogP contribution is 2.09. The summed E-state index contributed by atoms with van der Waals surface area (Å²) >= 11 is 1.43. The molecule has 0 atom stereocenters. The number of ketones is 1. The highest BCUT2D eigenvalue weighted by Gasteiger charge is 2.00. The third kappa shape index (κ3) is 2.51. The Labute approximate surface area is 75.5 Å². The lowest BCUT2D eigenvalue weighted by Crippen LogP contribution is -1.89. The predicted octanol–water partition coefficient (Wildman–Crippen LogP) is 2.48. The van der Waals surface area contributed by atoms with Gasteiger partial charge in [0.25, 0.3) is 0 Å². The van der Waals surface area contributed by atoms with Crippen molar-refractivity contribution in [2.24, 2.45) is 0 Å². The fraction of sp³-hybridized carbons (Fsp3) is 0.222. The Morgan fingerprint density at radius 1 is 1.75 bits per heavy atom. The van der Waals surface area contributed by atoms with Crippen LogP contribution in [-0.2, 0) is 4.74 Å². The van der Waals surface area contributed by atoms with Gasteiger partial charge in [-0.2, -0.15) is 0 Å². The molecular weight excluding hydrogens is 172 g/mol. The zero-order valence-corrected chi connectivity index (χ0v) is 7.64. The SMILES string of the molecule is CCO/C=C/C(=O)c1cccs1. The van der Waals surface area contributed by atoms with Gasteiger partial charge < -0.3 is 4.74 Å². The zero-order valence-electron chi connectivity index (χ0n) is 6.82. The maximum atomic E-state index is 11.2. The second-order valence-corrected chi connectivity index (χ2v) is 3.05. The largest absolute Gasteiger partial charge is 0.501 e. The van der Waals surface area contributed by atoms with Crippen molar-refractivity contribution in [1.29, 1.82) is 0 Å². The van der Waals surface area contributed by atoms with Crippen LogP contribution in [0.1, 0.15) is 16.6 Å². The first-order valence-electron chi connectivity index (χ1n) is 3.70. The van der Waals surface area contributed by atoms with Crippen molar-refractivity contribution in [3.05, 3.63) is 34.7 Å². The van der Waals surface area contributed by atoms with Crippen molar-refractivity contribution in [3.63, 3.8) is 0 Å². The number of hydrogen-bond donors (Lipinski definition) is 0.